The number of rotatable bonds is 13. The highest BCUT2D eigenvalue weighted by Crippen LogP contribution is 2.19. The summed E-state index contributed by atoms with van der Waals surface area (Å²) in [7, 11) is 0. The van der Waals surface area contributed by atoms with Crippen LogP contribution >= 0.6 is 0 Å². The van der Waals surface area contributed by atoms with E-state index in [-0.39, 0.29) is 12.0 Å². The number of allylic oxidation sites excluding steroid dienone is 7. The monoisotopic (exact) mass is 471 g/mol. The summed E-state index contributed by atoms with van der Waals surface area (Å²) in [5, 5.41) is 13.3. The van der Waals surface area contributed by atoms with Crippen LogP contribution in [0.4, 0.5) is 0 Å². The number of carbonyl (C=O) groups is 1. The number of nitrogens with zero attached hydrogens (tertiary/aromatic N) is 2. The van der Waals surface area contributed by atoms with Crippen LogP contribution in [0.5, 0.6) is 0 Å². The summed E-state index contributed by atoms with van der Waals surface area (Å²) in [6.07, 6.45) is 23.5. The Kier molecular flexibility index (Phi) is 10.6. The van der Waals surface area contributed by atoms with Crippen molar-refractivity contribution in [2.75, 3.05) is 6.54 Å². The van der Waals surface area contributed by atoms with Crippen molar-refractivity contribution in [1.82, 2.24) is 15.8 Å². The van der Waals surface area contributed by atoms with Crippen LogP contribution < -0.4 is 10.7 Å². The van der Waals surface area contributed by atoms with E-state index in [0.717, 1.165) is 49.8 Å². The van der Waals surface area contributed by atoms with Crippen LogP contribution in [-0.4, -0.2) is 36.3 Å². The Hall–Kier alpha value is -3.35. The van der Waals surface area contributed by atoms with Crippen molar-refractivity contribution in [1.29, 1.82) is 5.41 Å². The second kappa shape index (κ2) is 14.1. The normalized spacial score (nSPS) is 21.1. The summed E-state index contributed by atoms with van der Waals surface area (Å²) >= 11 is 0. The molecule has 3 rings (SSSR count). The van der Waals surface area contributed by atoms with Crippen molar-refractivity contribution in [3.8, 4) is 0 Å². The number of hydrogen-bond donors (Lipinski definition) is 3. The van der Waals surface area contributed by atoms with Crippen LogP contribution in [0.15, 0.2) is 89.4 Å². The molecule has 35 heavy (non-hydrogen) atoms. The van der Waals surface area contributed by atoms with E-state index in [9.17, 15) is 4.79 Å². The molecule has 1 heterocycles. The maximum Gasteiger partial charge on any atom is 0.155 e. The standard InChI is InChI=1S/C29H37N5O/c1-3-24(22-35)15-17-31-20-26-9-11-27(12-10-26)21-32-29(34-18-16-23(2)33-34)28(19-30)14-13-25-7-5-4-6-8-25/h4-7,9-14,16,18-19,21-25,30-31,33H,3,8,15,17,20H2,1-2H3/b14-13+,29-28-,30-19?,32-21+. The maximum atomic E-state index is 10.9. The number of aldehydes is 1. The first kappa shape index (κ1) is 26.3. The molecule has 0 spiro atoms. The van der Waals surface area contributed by atoms with E-state index in [1.54, 1.807) is 0 Å². The molecule has 0 saturated heterocycles. The zero-order valence-corrected chi connectivity index (χ0v) is 20.7. The Bertz CT molecular complexity index is 1020. The van der Waals surface area contributed by atoms with Crippen LogP contribution in [-0.2, 0) is 11.3 Å². The predicted molar refractivity (Wildman–Crippen MR) is 145 cm³/mol. The van der Waals surface area contributed by atoms with Gasteiger partial charge in [-0.3, -0.25) is 5.01 Å². The zero-order chi connectivity index (χ0) is 24.9. The first-order chi connectivity index (χ1) is 17.1. The van der Waals surface area contributed by atoms with Gasteiger partial charge in [-0.2, -0.15) is 0 Å². The van der Waals surface area contributed by atoms with Gasteiger partial charge in [0.05, 0.1) is 0 Å². The third-order valence-electron chi connectivity index (χ3n) is 6.10. The molecule has 0 radical (unpaired) electrons. The summed E-state index contributed by atoms with van der Waals surface area (Å²) in [4.78, 5) is 15.7. The maximum absolute atomic E-state index is 10.9. The first-order valence-electron chi connectivity index (χ1n) is 12.4. The lowest BCUT2D eigenvalue weighted by Crippen LogP contribution is -2.33. The van der Waals surface area contributed by atoms with Gasteiger partial charge in [-0.15, -0.1) is 0 Å². The van der Waals surface area contributed by atoms with E-state index >= 15 is 0 Å². The quantitative estimate of drug-likeness (QED) is 0.162. The molecule has 0 amide bonds. The Morgan fingerprint density at radius 2 is 2.11 bits per heavy atom. The van der Waals surface area contributed by atoms with Crippen LogP contribution in [0.2, 0.25) is 0 Å². The number of aliphatic imine (C=N–C) groups is 1. The average molecular weight is 472 g/mol. The molecular weight excluding hydrogens is 434 g/mol. The fraction of sp³-hybridized carbons (Fsp3) is 0.345. The van der Waals surface area contributed by atoms with E-state index in [4.69, 9.17) is 10.4 Å². The summed E-state index contributed by atoms with van der Waals surface area (Å²) < 4.78 is 0. The predicted octanol–water partition coefficient (Wildman–Crippen LogP) is 5.08. The molecule has 1 aliphatic heterocycles. The molecular formula is C29H37N5O. The number of hydrogen-bond acceptors (Lipinski definition) is 6. The van der Waals surface area contributed by atoms with Gasteiger partial charge in [-0.1, -0.05) is 67.6 Å². The molecule has 3 atom stereocenters. The van der Waals surface area contributed by atoms with Crippen LogP contribution in [0, 0.1) is 17.2 Å². The molecule has 1 aromatic rings. The largest absolute Gasteiger partial charge is 0.313 e. The highest BCUT2D eigenvalue weighted by molar-refractivity contribution is 5.84. The average Bonchev–Trinajstić information content (AvgIpc) is 3.33. The molecule has 3 N–H and O–H groups in total. The number of carbonyl (C=O) groups excluding carboxylic acids is 1. The van der Waals surface area contributed by atoms with E-state index in [2.05, 4.69) is 66.3 Å². The topological polar surface area (TPSA) is 80.6 Å². The first-order valence-corrected chi connectivity index (χ1v) is 12.4. The number of benzene rings is 1. The second-order valence-electron chi connectivity index (χ2n) is 8.89. The molecule has 184 valence electrons. The summed E-state index contributed by atoms with van der Waals surface area (Å²) in [6, 6.07) is 8.48. The van der Waals surface area contributed by atoms with Gasteiger partial charge in [-0.05, 0) is 55.9 Å². The van der Waals surface area contributed by atoms with Crippen LogP contribution in [0.3, 0.4) is 0 Å². The second-order valence-corrected chi connectivity index (χ2v) is 8.89. The van der Waals surface area contributed by atoms with Gasteiger partial charge in [0.15, 0.2) is 5.82 Å². The fourth-order valence-corrected chi connectivity index (χ4v) is 3.83. The molecule has 0 saturated carbocycles. The number of nitrogens with one attached hydrogen (secondary N) is 3. The third kappa shape index (κ3) is 8.42. The van der Waals surface area contributed by atoms with Gasteiger partial charge in [-0.25, -0.2) is 10.4 Å². The smallest absolute Gasteiger partial charge is 0.155 e. The van der Waals surface area contributed by atoms with Crippen LogP contribution in [0.1, 0.15) is 44.2 Å². The lowest BCUT2D eigenvalue weighted by atomic mass is 9.99. The SMILES string of the molecule is CCC(C=O)CCNCc1ccc(/C=N/C(=C(C=N)\C=C\C2C=CC=CC2)N2C=CC(C)N2)cc1. The fourth-order valence-electron chi connectivity index (χ4n) is 3.83. The lowest BCUT2D eigenvalue weighted by molar-refractivity contribution is -0.111. The molecule has 0 fully saturated rings. The van der Waals surface area contributed by atoms with Gasteiger partial charge in [0.1, 0.15) is 6.29 Å². The van der Waals surface area contributed by atoms with Gasteiger partial charge < -0.3 is 15.5 Å². The Morgan fingerprint density at radius 3 is 2.74 bits per heavy atom. The van der Waals surface area contributed by atoms with Crippen LogP contribution in [0.25, 0.3) is 0 Å². The highest BCUT2D eigenvalue weighted by atomic mass is 16.1. The minimum absolute atomic E-state index is 0.142. The third-order valence-corrected chi connectivity index (χ3v) is 6.10. The highest BCUT2D eigenvalue weighted by Gasteiger charge is 2.16. The van der Waals surface area contributed by atoms with Gasteiger partial charge in [0.2, 0.25) is 0 Å². The summed E-state index contributed by atoms with van der Waals surface area (Å²) in [5.74, 6) is 1.15. The Balaban J connectivity index is 1.68. The van der Waals surface area contributed by atoms with Crippen molar-refractivity contribution in [3.05, 3.63) is 95.5 Å². The number of hydrazine groups is 1. The summed E-state index contributed by atoms with van der Waals surface area (Å²) in [5.41, 5.74) is 6.27. The molecule has 0 aromatic heterocycles. The Morgan fingerprint density at radius 1 is 1.29 bits per heavy atom. The minimum Gasteiger partial charge on any atom is -0.313 e. The Labute approximate surface area is 209 Å². The molecule has 6 nitrogen and oxygen atoms in total. The molecule has 1 aliphatic carbocycles. The lowest BCUT2D eigenvalue weighted by Gasteiger charge is -2.20. The van der Waals surface area contributed by atoms with Crippen molar-refractivity contribution in [2.24, 2.45) is 16.8 Å². The van der Waals surface area contributed by atoms with E-state index < -0.39 is 0 Å². The van der Waals surface area contributed by atoms with Crippen molar-refractivity contribution < 1.29 is 4.79 Å². The van der Waals surface area contributed by atoms with Crippen molar-refractivity contribution in [3.63, 3.8) is 0 Å². The molecule has 3 unspecified atom stereocenters. The van der Waals surface area contributed by atoms with Crippen molar-refractivity contribution >= 4 is 18.7 Å². The van der Waals surface area contributed by atoms with E-state index in [1.165, 1.54) is 11.8 Å². The molecule has 1 aromatic carbocycles. The summed E-state index contributed by atoms with van der Waals surface area (Å²) in [6.45, 7) is 5.72. The van der Waals surface area contributed by atoms with E-state index in [0.29, 0.717) is 11.7 Å². The molecule has 6 heteroatoms. The zero-order valence-electron chi connectivity index (χ0n) is 20.7. The van der Waals surface area contributed by atoms with Gasteiger partial charge >= 0.3 is 0 Å². The molecule has 0 bridgehead atoms. The minimum atomic E-state index is 0.142. The molecule has 2 aliphatic rings. The van der Waals surface area contributed by atoms with E-state index in [1.807, 2.05) is 42.6 Å². The van der Waals surface area contributed by atoms with Crippen molar-refractivity contribution in [2.45, 2.75) is 45.7 Å². The van der Waals surface area contributed by atoms with Gasteiger partial charge in [0.25, 0.3) is 0 Å². The van der Waals surface area contributed by atoms with Gasteiger partial charge in [0, 0.05) is 42.7 Å².